The molecule has 8 heteroatoms. The van der Waals surface area contributed by atoms with Crippen LogP contribution in [0.15, 0.2) is 47.7 Å². The number of aliphatic imine (C=N–C) groups is 1. The molecule has 1 fully saturated rings. The highest BCUT2D eigenvalue weighted by Crippen LogP contribution is 2.34. The number of ether oxygens (including phenoxy) is 1. The van der Waals surface area contributed by atoms with Crippen LogP contribution in [0.4, 0.5) is 13.2 Å². The van der Waals surface area contributed by atoms with Gasteiger partial charge >= 0.3 is 6.18 Å². The van der Waals surface area contributed by atoms with E-state index in [2.05, 4.69) is 9.98 Å². The molecule has 0 atom stereocenters. The summed E-state index contributed by atoms with van der Waals surface area (Å²) in [5.41, 5.74) is 5.12. The Morgan fingerprint density at radius 2 is 2.00 bits per heavy atom. The van der Waals surface area contributed by atoms with Gasteiger partial charge in [-0.1, -0.05) is 0 Å². The van der Waals surface area contributed by atoms with Crippen molar-refractivity contribution in [3.05, 3.63) is 53.9 Å². The van der Waals surface area contributed by atoms with E-state index in [1.165, 1.54) is 0 Å². The Hall–Kier alpha value is -3.16. The number of pyridine rings is 1. The average molecular weight is 472 g/mol. The third-order valence-corrected chi connectivity index (χ3v) is 5.74. The number of fused-ring (bicyclic) bond motifs is 1. The number of nitrogens with zero attached hydrogens (tertiary/aromatic N) is 3. The normalized spacial score (nSPS) is 14.7. The lowest BCUT2D eigenvalue weighted by Gasteiger charge is -2.14. The smallest absolute Gasteiger partial charge is 0.389 e. The molecule has 2 heterocycles. The zero-order valence-corrected chi connectivity index (χ0v) is 19.5. The Morgan fingerprint density at radius 1 is 1.24 bits per heavy atom. The van der Waals surface area contributed by atoms with Gasteiger partial charge in [-0.25, -0.2) is 4.98 Å². The van der Waals surface area contributed by atoms with Crippen molar-refractivity contribution in [1.29, 1.82) is 0 Å². The van der Waals surface area contributed by atoms with Crippen LogP contribution in [0.1, 0.15) is 50.7 Å². The van der Waals surface area contributed by atoms with Crippen LogP contribution in [0.3, 0.4) is 0 Å². The first-order valence-corrected chi connectivity index (χ1v) is 11.5. The second-order valence-corrected chi connectivity index (χ2v) is 9.03. The Labute approximate surface area is 196 Å². The van der Waals surface area contributed by atoms with E-state index in [9.17, 15) is 18.0 Å². The van der Waals surface area contributed by atoms with Crippen LogP contribution in [0.2, 0.25) is 0 Å². The quantitative estimate of drug-likeness (QED) is 0.356. The highest BCUT2D eigenvalue weighted by atomic mass is 19.4. The molecule has 1 aliphatic carbocycles. The van der Waals surface area contributed by atoms with Gasteiger partial charge in [0.2, 0.25) is 0 Å². The Morgan fingerprint density at radius 3 is 2.65 bits per heavy atom. The molecule has 0 spiro atoms. The van der Waals surface area contributed by atoms with Crippen molar-refractivity contribution in [2.75, 3.05) is 7.05 Å². The SMILES string of the molecule is CN=C(c1ccn2c(-c3cc(CC(=O)CCC(F)(F)F)cc(OC(C)C)c3)cnc2c1)C1CC1. The molecule has 1 aromatic carbocycles. The lowest BCUT2D eigenvalue weighted by molar-refractivity contribution is -0.143. The molecule has 0 N–H and O–H groups in total. The van der Waals surface area contributed by atoms with E-state index < -0.39 is 24.8 Å². The number of alkyl halides is 3. The van der Waals surface area contributed by atoms with Crippen molar-refractivity contribution in [3.8, 4) is 17.0 Å². The lowest BCUT2D eigenvalue weighted by Crippen LogP contribution is -2.12. The predicted octanol–water partition coefficient (Wildman–Crippen LogP) is 6.07. The summed E-state index contributed by atoms with van der Waals surface area (Å²) < 4.78 is 45.4. The van der Waals surface area contributed by atoms with Crippen LogP contribution in [0.5, 0.6) is 5.75 Å². The molecule has 1 saturated carbocycles. The zero-order chi connectivity index (χ0) is 24.5. The van der Waals surface area contributed by atoms with Gasteiger partial charge in [-0.05, 0) is 62.6 Å². The fourth-order valence-electron chi connectivity index (χ4n) is 4.11. The molecule has 0 unspecified atom stereocenters. The average Bonchev–Trinajstić information content (AvgIpc) is 3.49. The Bertz CT molecular complexity index is 1220. The number of carbonyl (C=O) groups is 1. The molecular weight excluding hydrogens is 443 g/mol. The van der Waals surface area contributed by atoms with Crippen LogP contribution in [0, 0.1) is 5.92 Å². The summed E-state index contributed by atoms with van der Waals surface area (Å²) in [7, 11) is 1.81. The summed E-state index contributed by atoms with van der Waals surface area (Å²) in [6, 6.07) is 9.44. The maximum atomic E-state index is 12.5. The van der Waals surface area contributed by atoms with Crippen LogP contribution in [-0.2, 0) is 11.2 Å². The van der Waals surface area contributed by atoms with E-state index in [0.29, 0.717) is 17.2 Å². The molecule has 3 aromatic rings. The highest BCUT2D eigenvalue weighted by Gasteiger charge is 2.29. The molecule has 5 nitrogen and oxygen atoms in total. The minimum Gasteiger partial charge on any atom is -0.491 e. The van der Waals surface area contributed by atoms with Crippen LogP contribution in [0.25, 0.3) is 16.9 Å². The van der Waals surface area contributed by atoms with E-state index in [0.717, 1.165) is 41.0 Å². The van der Waals surface area contributed by atoms with Crippen LogP contribution in [-0.4, -0.2) is 40.2 Å². The molecule has 180 valence electrons. The summed E-state index contributed by atoms with van der Waals surface area (Å²) in [5, 5.41) is 0. The van der Waals surface area contributed by atoms with Gasteiger partial charge in [0.25, 0.3) is 0 Å². The third-order valence-electron chi connectivity index (χ3n) is 5.74. The van der Waals surface area contributed by atoms with Gasteiger partial charge in [-0.15, -0.1) is 0 Å². The van der Waals surface area contributed by atoms with E-state index in [1.807, 2.05) is 55.8 Å². The third kappa shape index (κ3) is 5.85. The van der Waals surface area contributed by atoms with E-state index in [4.69, 9.17) is 4.74 Å². The maximum absolute atomic E-state index is 12.5. The molecule has 1 aliphatic rings. The number of benzene rings is 1. The molecule has 0 amide bonds. The number of imidazole rings is 1. The van der Waals surface area contributed by atoms with Crippen molar-refractivity contribution in [3.63, 3.8) is 0 Å². The van der Waals surface area contributed by atoms with Gasteiger partial charge in [-0.2, -0.15) is 13.2 Å². The number of hydrogen-bond donors (Lipinski definition) is 0. The van der Waals surface area contributed by atoms with Gasteiger partial charge in [0.05, 0.1) is 24.4 Å². The Kier molecular flexibility index (Phi) is 6.77. The van der Waals surface area contributed by atoms with Gasteiger partial charge in [0.15, 0.2) is 0 Å². The van der Waals surface area contributed by atoms with Crippen molar-refractivity contribution < 1.29 is 22.7 Å². The number of halogens is 3. The fraction of sp³-hybridized carbons (Fsp3) is 0.423. The van der Waals surface area contributed by atoms with Gasteiger partial charge in [0.1, 0.15) is 17.2 Å². The van der Waals surface area contributed by atoms with Crippen molar-refractivity contribution in [2.24, 2.45) is 10.9 Å². The maximum Gasteiger partial charge on any atom is 0.389 e. The monoisotopic (exact) mass is 471 g/mol. The largest absolute Gasteiger partial charge is 0.491 e. The molecule has 0 saturated heterocycles. The topological polar surface area (TPSA) is 56.0 Å². The summed E-state index contributed by atoms with van der Waals surface area (Å²) in [6.45, 7) is 3.78. The molecule has 0 aliphatic heterocycles. The minimum absolute atomic E-state index is 0.0863. The number of ketones is 1. The van der Waals surface area contributed by atoms with Crippen molar-refractivity contribution in [2.45, 2.75) is 58.2 Å². The summed E-state index contributed by atoms with van der Waals surface area (Å²) in [6.07, 6.45) is -0.154. The standard InChI is InChI=1S/C26H28F3N3O2/c1-16(2)34-22-12-17(11-21(33)6-8-26(27,28)29)10-20(13-22)23-15-31-24-14-19(7-9-32(23)24)25(30-3)18-4-5-18/h7,9-10,12-16,18H,4-6,8,11H2,1-3H3. The van der Waals surface area contributed by atoms with E-state index in [-0.39, 0.29) is 12.5 Å². The second-order valence-electron chi connectivity index (χ2n) is 9.03. The summed E-state index contributed by atoms with van der Waals surface area (Å²) in [4.78, 5) is 21.2. The first kappa shape index (κ1) is 24.0. The number of Topliss-reactive ketones (excluding diaryl/α,β-unsaturated/α-hetero) is 1. The van der Waals surface area contributed by atoms with Crippen LogP contribution >= 0.6 is 0 Å². The number of hydrogen-bond acceptors (Lipinski definition) is 4. The first-order chi connectivity index (χ1) is 16.1. The van der Waals surface area contributed by atoms with Crippen LogP contribution < -0.4 is 4.74 Å². The molecule has 0 bridgehead atoms. The zero-order valence-electron chi connectivity index (χ0n) is 19.5. The first-order valence-electron chi connectivity index (χ1n) is 11.5. The second kappa shape index (κ2) is 9.60. The molecule has 34 heavy (non-hydrogen) atoms. The summed E-state index contributed by atoms with van der Waals surface area (Å²) >= 11 is 0. The minimum atomic E-state index is -4.35. The predicted molar refractivity (Wildman–Crippen MR) is 126 cm³/mol. The fourth-order valence-corrected chi connectivity index (χ4v) is 4.11. The van der Waals surface area contributed by atoms with E-state index in [1.54, 1.807) is 12.3 Å². The molecular formula is C26H28F3N3O2. The molecule has 4 rings (SSSR count). The molecule has 2 aromatic heterocycles. The van der Waals surface area contributed by atoms with Crippen molar-refractivity contribution >= 4 is 17.1 Å². The highest BCUT2D eigenvalue weighted by molar-refractivity contribution is 6.04. The number of aromatic nitrogens is 2. The van der Waals surface area contributed by atoms with Gasteiger partial charge in [-0.3, -0.25) is 14.2 Å². The molecule has 0 radical (unpaired) electrons. The summed E-state index contributed by atoms with van der Waals surface area (Å²) in [5.74, 6) is 0.621. The van der Waals surface area contributed by atoms with E-state index >= 15 is 0 Å². The Balaban J connectivity index is 1.65. The van der Waals surface area contributed by atoms with Crippen molar-refractivity contribution in [1.82, 2.24) is 9.38 Å². The number of rotatable bonds is 9. The number of carbonyl (C=O) groups excluding carboxylic acids is 1. The van der Waals surface area contributed by atoms with Gasteiger partial charge < -0.3 is 4.74 Å². The lowest BCUT2D eigenvalue weighted by atomic mass is 10.0. The van der Waals surface area contributed by atoms with Gasteiger partial charge in [0, 0.05) is 48.8 Å².